The summed E-state index contributed by atoms with van der Waals surface area (Å²) in [7, 11) is 0. The lowest BCUT2D eigenvalue weighted by molar-refractivity contribution is -0.0863. The molecule has 3 aliphatic heterocycles. The number of fused-ring (bicyclic) bond motifs is 4. The number of aliphatic hydroxyl groups excluding tert-OH is 1. The van der Waals surface area contributed by atoms with Crippen molar-refractivity contribution in [3.8, 4) is 0 Å². The maximum absolute atomic E-state index is 16.4. The van der Waals surface area contributed by atoms with Gasteiger partial charge in [0.2, 0.25) is 0 Å². The average Bonchev–Trinajstić information content (AvgIpc) is 3.55. The van der Waals surface area contributed by atoms with Gasteiger partial charge in [0.15, 0.2) is 0 Å². The Morgan fingerprint density at radius 1 is 1.07 bits per heavy atom. The standard InChI is InChI=1S/C33H41F5N4O/c1-20-13-25-24-8-3-4-9-28(24)39-32(25)30(21(2)42(20)18-33(37,38)19-43)31-26(35)14-23(15-27(31)36)41-12-5-7-22-16-40(11-6-10-34)17-29(22)41/h3-4,8-9,14-15,20-22,29-30,39,43H,5-7,10-13,16-19H2,1-2H3/t20-,21?,22-,29+,30-/m1/s1. The number of piperidine rings is 1. The zero-order chi connectivity index (χ0) is 30.5. The van der Waals surface area contributed by atoms with Crippen LogP contribution in [-0.2, 0) is 6.42 Å². The topological polar surface area (TPSA) is 45.7 Å². The number of aromatic amines is 1. The summed E-state index contributed by atoms with van der Waals surface area (Å²) in [5, 5.41) is 10.3. The molecule has 43 heavy (non-hydrogen) atoms. The highest BCUT2D eigenvalue weighted by atomic mass is 19.3. The Hall–Kier alpha value is -2.69. The molecule has 2 fully saturated rings. The molecule has 1 aromatic heterocycles. The van der Waals surface area contributed by atoms with Gasteiger partial charge >= 0.3 is 0 Å². The third-order valence-corrected chi connectivity index (χ3v) is 10.0. The summed E-state index contributed by atoms with van der Waals surface area (Å²) in [6.45, 7) is 4.16. The number of aliphatic hydroxyl groups is 1. The zero-order valence-electron chi connectivity index (χ0n) is 24.8. The zero-order valence-corrected chi connectivity index (χ0v) is 24.8. The van der Waals surface area contributed by atoms with Crippen LogP contribution in [0, 0.1) is 17.6 Å². The van der Waals surface area contributed by atoms with Crippen molar-refractivity contribution >= 4 is 16.6 Å². The number of halogens is 5. The minimum absolute atomic E-state index is 0.104. The van der Waals surface area contributed by atoms with Crippen molar-refractivity contribution in [2.45, 2.75) is 69.5 Å². The van der Waals surface area contributed by atoms with E-state index in [-0.39, 0.29) is 24.3 Å². The van der Waals surface area contributed by atoms with Crippen LogP contribution in [0.4, 0.5) is 27.6 Å². The van der Waals surface area contributed by atoms with Gasteiger partial charge in [-0.1, -0.05) is 18.2 Å². The number of nitrogens with zero attached hydrogens (tertiary/aromatic N) is 3. The summed E-state index contributed by atoms with van der Waals surface area (Å²) in [5.41, 5.74) is 2.69. The van der Waals surface area contributed by atoms with Gasteiger partial charge in [0.25, 0.3) is 5.92 Å². The fourth-order valence-electron chi connectivity index (χ4n) is 8.04. The predicted octanol–water partition coefficient (Wildman–Crippen LogP) is 6.10. The molecule has 2 saturated heterocycles. The smallest absolute Gasteiger partial charge is 0.283 e. The van der Waals surface area contributed by atoms with Crippen molar-refractivity contribution in [1.82, 2.24) is 14.8 Å². The lowest BCUT2D eigenvalue weighted by atomic mass is 9.85. The Balaban J connectivity index is 1.40. The number of hydrogen-bond acceptors (Lipinski definition) is 4. The molecule has 0 amide bonds. The highest BCUT2D eigenvalue weighted by Crippen LogP contribution is 2.44. The number of nitrogens with one attached hydrogen (secondary N) is 1. The van der Waals surface area contributed by atoms with Crippen molar-refractivity contribution in [1.29, 1.82) is 0 Å². The lowest BCUT2D eigenvalue weighted by Gasteiger charge is -2.40. The number of aromatic nitrogens is 1. The summed E-state index contributed by atoms with van der Waals surface area (Å²) in [5.74, 6) is -5.28. The highest BCUT2D eigenvalue weighted by Gasteiger charge is 2.44. The first-order valence-corrected chi connectivity index (χ1v) is 15.5. The summed E-state index contributed by atoms with van der Waals surface area (Å²) >= 11 is 0. The molecular weight excluding hydrogens is 563 g/mol. The number of H-pyrrole nitrogens is 1. The molecule has 234 valence electrons. The Morgan fingerprint density at radius 2 is 1.81 bits per heavy atom. The Kier molecular flexibility index (Phi) is 8.47. The Bertz CT molecular complexity index is 1420. The van der Waals surface area contributed by atoms with Gasteiger partial charge in [0.05, 0.1) is 13.2 Å². The van der Waals surface area contributed by atoms with E-state index in [9.17, 15) is 18.3 Å². The SMILES string of the molecule is CC1[C@H](c2c(F)cc(N3CCC[C@@H]4CN(CCCF)C[C@@H]43)cc2F)c2[nH]c3ccccc3c2C[C@@H](C)N1CC(F)(F)CO. The van der Waals surface area contributed by atoms with E-state index < -0.39 is 42.7 Å². The third-order valence-electron chi connectivity index (χ3n) is 10.0. The van der Waals surface area contributed by atoms with Crippen LogP contribution < -0.4 is 4.90 Å². The van der Waals surface area contributed by atoms with Crippen molar-refractivity contribution in [3.63, 3.8) is 0 Å². The van der Waals surface area contributed by atoms with Crippen LogP contribution in [0.15, 0.2) is 36.4 Å². The first-order chi connectivity index (χ1) is 20.6. The molecule has 0 radical (unpaired) electrons. The highest BCUT2D eigenvalue weighted by molar-refractivity contribution is 5.85. The monoisotopic (exact) mass is 604 g/mol. The number of likely N-dealkylation sites (tertiary alicyclic amines) is 1. The molecule has 3 aliphatic rings. The van der Waals surface area contributed by atoms with Crippen molar-refractivity contribution in [2.75, 3.05) is 50.9 Å². The molecule has 6 rings (SSSR count). The molecule has 0 aliphatic carbocycles. The molecule has 5 nitrogen and oxygen atoms in total. The van der Waals surface area contributed by atoms with Crippen molar-refractivity contribution in [2.24, 2.45) is 5.92 Å². The predicted molar refractivity (Wildman–Crippen MR) is 159 cm³/mol. The molecule has 2 aromatic carbocycles. The van der Waals surface area contributed by atoms with Gasteiger partial charge in [-0.05, 0) is 69.2 Å². The summed E-state index contributed by atoms with van der Waals surface area (Å²) in [4.78, 5) is 9.32. The van der Waals surface area contributed by atoms with Gasteiger partial charge in [-0.2, -0.15) is 0 Å². The van der Waals surface area contributed by atoms with E-state index in [0.29, 0.717) is 43.2 Å². The minimum atomic E-state index is -3.36. The molecule has 0 bridgehead atoms. The average molecular weight is 605 g/mol. The molecule has 4 heterocycles. The number of hydrogen-bond donors (Lipinski definition) is 2. The van der Waals surface area contributed by atoms with Crippen LogP contribution >= 0.6 is 0 Å². The van der Waals surface area contributed by atoms with Gasteiger partial charge in [0.1, 0.15) is 18.2 Å². The number of benzene rings is 2. The quantitative estimate of drug-likeness (QED) is 0.305. The van der Waals surface area contributed by atoms with Gasteiger partial charge in [-0.15, -0.1) is 0 Å². The van der Waals surface area contributed by atoms with Gasteiger partial charge in [-0.25, -0.2) is 17.6 Å². The van der Waals surface area contributed by atoms with Crippen LogP contribution in [0.1, 0.15) is 55.8 Å². The molecule has 5 atom stereocenters. The Morgan fingerprint density at radius 3 is 2.53 bits per heavy atom. The van der Waals surface area contributed by atoms with Crippen LogP contribution in [-0.4, -0.2) is 89.9 Å². The van der Waals surface area contributed by atoms with Crippen LogP contribution in [0.3, 0.4) is 0 Å². The summed E-state index contributed by atoms with van der Waals surface area (Å²) < 4.78 is 74.8. The molecule has 2 N–H and O–H groups in total. The van der Waals surface area contributed by atoms with Gasteiger partial charge < -0.3 is 19.9 Å². The van der Waals surface area contributed by atoms with E-state index in [2.05, 4.69) is 14.8 Å². The Labute approximate surface area is 249 Å². The molecular formula is C33H41F5N4O. The van der Waals surface area contributed by atoms with Crippen molar-refractivity contribution < 1.29 is 27.1 Å². The molecule has 1 unspecified atom stereocenters. The largest absolute Gasteiger partial charge is 0.390 e. The van der Waals surface area contributed by atoms with E-state index in [1.165, 1.54) is 12.1 Å². The van der Waals surface area contributed by atoms with E-state index in [4.69, 9.17) is 0 Å². The summed E-state index contributed by atoms with van der Waals surface area (Å²) in [6, 6.07) is 9.48. The maximum Gasteiger partial charge on any atom is 0.283 e. The fourth-order valence-corrected chi connectivity index (χ4v) is 8.04. The van der Waals surface area contributed by atoms with Crippen molar-refractivity contribution in [3.05, 3.63) is 64.9 Å². The van der Waals surface area contributed by atoms with Crippen LogP contribution in [0.5, 0.6) is 0 Å². The first kappa shape index (κ1) is 30.3. The second-order valence-electron chi connectivity index (χ2n) is 12.8. The van der Waals surface area contributed by atoms with Gasteiger partial charge in [-0.3, -0.25) is 9.29 Å². The van der Waals surface area contributed by atoms with E-state index in [1.54, 1.807) is 11.8 Å². The molecule has 10 heteroatoms. The number of alkyl halides is 3. The fraction of sp³-hybridized carbons (Fsp3) is 0.576. The van der Waals surface area contributed by atoms with Crippen LogP contribution in [0.25, 0.3) is 10.9 Å². The lowest BCUT2D eigenvalue weighted by Crippen LogP contribution is -2.50. The van der Waals surface area contributed by atoms with Crippen LogP contribution in [0.2, 0.25) is 0 Å². The molecule has 0 saturated carbocycles. The number of para-hydroxylation sites is 1. The first-order valence-electron chi connectivity index (χ1n) is 15.5. The number of anilines is 1. The minimum Gasteiger partial charge on any atom is -0.390 e. The molecule has 3 aromatic rings. The maximum atomic E-state index is 16.4. The number of rotatable bonds is 8. The third kappa shape index (κ3) is 5.66. The second kappa shape index (κ2) is 12.0. The molecule has 0 spiro atoms. The normalized spacial score (nSPS) is 27.0. The summed E-state index contributed by atoms with van der Waals surface area (Å²) in [6.07, 6.45) is 2.84. The second-order valence-corrected chi connectivity index (χ2v) is 12.8. The van der Waals surface area contributed by atoms with Gasteiger partial charge in [0, 0.05) is 78.1 Å². The van der Waals surface area contributed by atoms with E-state index in [0.717, 1.165) is 42.4 Å². The van der Waals surface area contributed by atoms with E-state index >= 15 is 8.78 Å². The van der Waals surface area contributed by atoms with E-state index in [1.807, 2.05) is 31.2 Å².